The highest BCUT2D eigenvalue weighted by Gasteiger charge is 2.39. The number of piperidine rings is 1. The molecule has 4 aromatic rings. The van der Waals surface area contributed by atoms with Crippen LogP contribution in [-0.4, -0.2) is 53.8 Å². The van der Waals surface area contributed by atoms with Gasteiger partial charge in [0.05, 0.1) is 29.3 Å². The Kier molecular flexibility index (Phi) is 5.28. The second kappa shape index (κ2) is 8.06. The van der Waals surface area contributed by atoms with Gasteiger partial charge in [-0.2, -0.15) is 0 Å². The number of phenols is 1. The Bertz CT molecular complexity index is 1310. The van der Waals surface area contributed by atoms with Gasteiger partial charge in [0, 0.05) is 42.1 Å². The molecule has 0 bridgehead atoms. The molecule has 0 atom stereocenters. The largest absolute Gasteiger partial charge is 0.507 e. The quantitative estimate of drug-likeness (QED) is 0.472. The van der Waals surface area contributed by atoms with Crippen molar-refractivity contribution in [2.24, 2.45) is 0 Å². The van der Waals surface area contributed by atoms with Gasteiger partial charge in [-0.25, -0.2) is 4.98 Å². The van der Waals surface area contributed by atoms with Gasteiger partial charge in [-0.15, -0.1) is 10.2 Å². The maximum absolute atomic E-state index is 10.8. The highest BCUT2D eigenvalue weighted by Crippen LogP contribution is 2.38. The minimum atomic E-state index is 0.0440. The molecular weight excluding hydrogens is 426 g/mol. The van der Waals surface area contributed by atoms with Crippen molar-refractivity contribution in [3.05, 3.63) is 55.1 Å². The molecule has 8 heteroatoms. The van der Waals surface area contributed by atoms with Crippen molar-refractivity contribution < 1.29 is 5.11 Å². The van der Waals surface area contributed by atoms with Gasteiger partial charge < -0.3 is 15.3 Å². The van der Waals surface area contributed by atoms with Gasteiger partial charge in [0.15, 0.2) is 11.5 Å². The summed E-state index contributed by atoms with van der Waals surface area (Å²) in [6.45, 7) is 9.00. The van der Waals surface area contributed by atoms with Crippen LogP contribution in [0.1, 0.15) is 40.5 Å². The number of fused-ring (bicyclic) bond motifs is 1. The first-order valence-corrected chi connectivity index (χ1v) is 11.6. The van der Waals surface area contributed by atoms with Crippen molar-refractivity contribution >= 4 is 11.5 Å². The van der Waals surface area contributed by atoms with Gasteiger partial charge in [0.1, 0.15) is 5.75 Å². The zero-order valence-corrected chi connectivity index (χ0v) is 20.3. The number of nitrogens with one attached hydrogen (secondary N) is 1. The Morgan fingerprint density at radius 3 is 2.50 bits per heavy atom. The summed E-state index contributed by atoms with van der Waals surface area (Å²) in [6, 6.07) is 9.72. The van der Waals surface area contributed by atoms with Crippen LogP contribution in [0.25, 0.3) is 28.2 Å². The van der Waals surface area contributed by atoms with Crippen LogP contribution >= 0.6 is 0 Å². The molecule has 0 radical (unpaired) electrons. The van der Waals surface area contributed by atoms with Crippen molar-refractivity contribution in [1.82, 2.24) is 29.9 Å². The van der Waals surface area contributed by atoms with Crippen LogP contribution in [0.2, 0.25) is 0 Å². The van der Waals surface area contributed by atoms with E-state index in [1.54, 1.807) is 24.7 Å². The lowest BCUT2D eigenvalue weighted by Gasteiger charge is -2.49. The van der Waals surface area contributed by atoms with Gasteiger partial charge in [0.25, 0.3) is 0 Å². The summed E-state index contributed by atoms with van der Waals surface area (Å²) >= 11 is 0. The summed E-state index contributed by atoms with van der Waals surface area (Å²) in [5.41, 5.74) is 3.75. The summed E-state index contributed by atoms with van der Waals surface area (Å²) in [4.78, 5) is 10.8. The van der Waals surface area contributed by atoms with Gasteiger partial charge in [0.2, 0.25) is 0 Å². The summed E-state index contributed by atoms with van der Waals surface area (Å²) < 4.78 is 1.95. The molecular formula is C26H31N7O. The second-order valence-corrected chi connectivity index (χ2v) is 10.5. The van der Waals surface area contributed by atoms with E-state index in [9.17, 15) is 5.11 Å². The molecule has 0 unspecified atom stereocenters. The Morgan fingerprint density at radius 2 is 1.79 bits per heavy atom. The van der Waals surface area contributed by atoms with Crippen LogP contribution in [0.15, 0.2) is 55.1 Å². The molecule has 1 saturated heterocycles. The minimum absolute atomic E-state index is 0.0440. The molecule has 1 aliphatic heterocycles. The van der Waals surface area contributed by atoms with E-state index in [4.69, 9.17) is 0 Å². The van der Waals surface area contributed by atoms with Crippen molar-refractivity contribution in [2.45, 2.75) is 57.7 Å². The van der Waals surface area contributed by atoms with Crippen molar-refractivity contribution in [3.8, 4) is 28.3 Å². The van der Waals surface area contributed by atoms with Gasteiger partial charge in [-0.05, 0) is 58.7 Å². The molecule has 1 aromatic carbocycles. The predicted molar refractivity (Wildman–Crippen MR) is 134 cm³/mol. The van der Waals surface area contributed by atoms with Crippen LogP contribution in [0.5, 0.6) is 5.75 Å². The fourth-order valence-corrected chi connectivity index (χ4v) is 5.44. The summed E-state index contributed by atoms with van der Waals surface area (Å²) in [5.74, 6) is 0.971. The molecule has 5 rings (SSSR count). The lowest BCUT2D eigenvalue weighted by atomic mass is 9.79. The third-order valence-corrected chi connectivity index (χ3v) is 6.62. The fourth-order valence-electron chi connectivity index (χ4n) is 5.44. The van der Waals surface area contributed by atoms with E-state index < -0.39 is 0 Å². The number of aromatic nitrogens is 5. The molecule has 0 aliphatic carbocycles. The number of anilines is 1. The minimum Gasteiger partial charge on any atom is -0.507 e. The molecule has 3 aromatic heterocycles. The van der Waals surface area contributed by atoms with Crippen LogP contribution in [0.4, 0.5) is 5.82 Å². The zero-order valence-electron chi connectivity index (χ0n) is 20.3. The standard InChI is InChI=1S/C26H31N7O/c1-25(2)13-17(14-26(3,4)31-25)32(5)22-10-9-19(29-30-22)24-18(7-6-8-21(24)34)20-15-28-23-16-27-11-12-33(20)23/h6-12,15-17,31,34H,13-14H2,1-5H3. The molecule has 8 nitrogen and oxygen atoms in total. The van der Waals surface area contributed by atoms with Crippen LogP contribution < -0.4 is 10.2 Å². The summed E-state index contributed by atoms with van der Waals surface area (Å²) in [5, 5.41) is 23.6. The van der Waals surface area contributed by atoms with E-state index in [-0.39, 0.29) is 16.8 Å². The van der Waals surface area contributed by atoms with Crippen LogP contribution in [-0.2, 0) is 0 Å². The van der Waals surface area contributed by atoms with E-state index in [1.807, 2.05) is 34.9 Å². The summed E-state index contributed by atoms with van der Waals surface area (Å²) in [7, 11) is 2.09. The van der Waals surface area contributed by atoms with Crippen molar-refractivity contribution in [2.75, 3.05) is 11.9 Å². The monoisotopic (exact) mass is 457 g/mol. The van der Waals surface area contributed by atoms with Crippen molar-refractivity contribution in [1.29, 1.82) is 0 Å². The Labute approximate surface area is 199 Å². The number of imidazole rings is 1. The topological polar surface area (TPSA) is 91.5 Å². The number of benzene rings is 1. The third-order valence-electron chi connectivity index (χ3n) is 6.62. The third kappa shape index (κ3) is 4.09. The fraction of sp³-hybridized carbons (Fsp3) is 0.385. The smallest absolute Gasteiger partial charge is 0.155 e. The lowest BCUT2D eigenvalue weighted by molar-refractivity contribution is 0.160. The maximum atomic E-state index is 10.8. The molecule has 1 fully saturated rings. The number of rotatable bonds is 4. The molecule has 4 heterocycles. The second-order valence-electron chi connectivity index (χ2n) is 10.5. The Balaban J connectivity index is 1.49. The molecule has 0 spiro atoms. The molecule has 176 valence electrons. The highest BCUT2D eigenvalue weighted by molar-refractivity contribution is 5.85. The molecule has 0 saturated carbocycles. The number of aromatic hydroxyl groups is 1. The van der Waals surface area contributed by atoms with E-state index in [0.29, 0.717) is 17.3 Å². The van der Waals surface area contributed by atoms with Crippen molar-refractivity contribution in [3.63, 3.8) is 0 Å². The van der Waals surface area contributed by atoms with Gasteiger partial charge in [-0.3, -0.25) is 9.38 Å². The first-order chi connectivity index (χ1) is 16.1. The van der Waals surface area contributed by atoms with Crippen LogP contribution in [0.3, 0.4) is 0 Å². The SMILES string of the molecule is CN(c1ccc(-c2c(O)cccc2-c2cnc3cnccn23)nn1)C1CC(C)(C)NC(C)(C)C1. The van der Waals surface area contributed by atoms with E-state index >= 15 is 0 Å². The summed E-state index contributed by atoms with van der Waals surface area (Å²) in [6.07, 6.45) is 9.10. The molecule has 2 N–H and O–H groups in total. The highest BCUT2D eigenvalue weighted by atomic mass is 16.3. The zero-order chi connectivity index (χ0) is 24.1. The Hall–Kier alpha value is -3.52. The number of phenolic OH excluding ortho intramolecular Hbond substituents is 1. The van der Waals surface area contributed by atoms with E-state index in [2.05, 4.69) is 65.1 Å². The predicted octanol–water partition coefficient (Wildman–Crippen LogP) is 4.30. The van der Waals surface area contributed by atoms with Gasteiger partial charge in [-0.1, -0.05) is 12.1 Å². The lowest BCUT2D eigenvalue weighted by Crippen LogP contribution is -2.62. The van der Waals surface area contributed by atoms with E-state index in [1.165, 1.54) is 0 Å². The number of hydrogen-bond acceptors (Lipinski definition) is 7. The number of nitrogens with zero attached hydrogens (tertiary/aromatic N) is 6. The maximum Gasteiger partial charge on any atom is 0.155 e. The van der Waals surface area contributed by atoms with Crippen LogP contribution in [0, 0.1) is 0 Å². The first kappa shape index (κ1) is 22.3. The van der Waals surface area contributed by atoms with E-state index in [0.717, 1.165) is 35.6 Å². The normalized spacial score (nSPS) is 17.7. The average molecular weight is 458 g/mol. The van der Waals surface area contributed by atoms with Gasteiger partial charge >= 0.3 is 0 Å². The molecule has 0 amide bonds. The Morgan fingerprint density at radius 1 is 1.03 bits per heavy atom. The average Bonchev–Trinajstić information content (AvgIpc) is 3.20. The first-order valence-electron chi connectivity index (χ1n) is 11.6. The number of hydrogen-bond donors (Lipinski definition) is 2. The molecule has 1 aliphatic rings. The molecule has 34 heavy (non-hydrogen) atoms.